The van der Waals surface area contributed by atoms with Gasteiger partial charge in [-0.25, -0.2) is 0 Å². The number of rotatable bonds is 0. The van der Waals surface area contributed by atoms with E-state index in [1.165, 1.54) is 19.3 Å². The highest BCUT2D eigenvalue weighted by Gasteiger charge is 1.94. The van der Waals surface area contributed by atoms with E-state index >= 15 is 0 Å². The first-order chi connectivity index (χ1) is 5.91. The molecule has 0 unspecified atom stereocenters. The average molecular weight is 172 g/mol. The fraction of sp³-hybridized carbons (Fsp3) is 0.800. The van der Waals surface area contributed by atoms with Gasteiger partial charge in [-0.05, 0) is 33.1 Å². The molecule has 0 spiro atoms. The molecular formula is C10H20O2. The molecule has 1 heterocycles. The number of aliphatic hydroxyl groups is 1. The zero-order valence-corrected chi connectivity index (χ0v) is 8.39. The Morgan fingerprint density at radius 1 is 0.917 bits per heavy atom. The van der Waals surface area contributed by atoms with Crippen LogP contribution in [0.4, 0.5) is 0 Å². The third-order valence-corrected chi connectivity index (χ3v) is 1.33. The molecule has 1 aliphatic heterocycles. The van der Waals surface area contributed by atoms with E-state index in [0.29, 0.717) is 0 Å². The lowest BCUT2D eigenvalue weighted by atomic mass is 10.2. The van der Waals surface area contributed by atoms with Gasteiger partial charge >= 0.3 is 0 Å². The summed E-state index contributed by atoms with van der Waals surface area (Å²) in [5.74, 6) is 5.36. The van der Waals surface area contributed by atoms with Crippen LogP contribution < -0.4 is 0 Å². The molecule has 0 aromatic heterocycles. The molecule has 72 valence electrons. The number of hydrogen-bond acceptors (Lipinski definition) is 2. The van der Waals surface area contributed by atoms with Crippen molar-refractivity contribution in [1.29, 1.82) is 0 Å². The predicted molar refractivity (Wildman–Crippen MR) is 51.9 cm³/mol. The molecule has 2 heteroatoms. The number of hydrogen-bond donors (Lipinski definition) is 1. The summed E-state index contributed by atoms with van der Waals surface area (Å²) in [7, 11) is 1.00. The first-order valence-electron chi connectivity index (χ1n) is 4.27. The summed E-state index contributed by atoms with van der Waals surface area (Å²) in [6, 6.07) is 0. The molecule has 0 amide bonds. The highest BCUT2D eigenvalue weighted by atomic mass is 16.5. The molecule has 0 saturated carbocycles. The lowest BCUT2D eigenvalue weighted by Crippen LogP contribution is -2.03. The molecule has 1 saturated heterocycles. The molecule has 0 radical (unpaired) electrons. The van der Waals surface area contributed by atoms with E-state index in [9.17, 15) is 0 Å². The highest BCUT2D eigenvalue weighted by Crippen LogP contribution is 2.02. The molecule has 0 aliphatic carbocycles. The SMILES string of the molecule is C1CCOCC1.CC#CC.CO. The maximum Gasteiger partial charge on any atom is 0.0466 e. The van der Waals surface area contributed by atoms with E-state index in [4.69, 9.17) is 9.84 Å². The van der Waals surface area contributed by atoms with Crippen LogP contribution in [-0.2, 0) is 4.74 Å². The third-order valence-electron chi connectivity index (χ3n) is 1.33. The minimum Gasteiger partial charge on any atom is -0.400 e. The Morgan fingerprint density at radius 2 is 1.33 bits per heavy atom. The van der Waals surface area contributed by atoms with Crippen molar-refractivity contribution in [2.24, 2.45) is 0 Å². The van der Waals surface area contributed by atoms with Gasteiger partial charge in [-0.2, -0.15) is 0 Å². The van der Waals surface area contributed by atoms with E-state index in [1.807, 2.05) is 13.8 Å². The van der Waals surface area contributed by atoms with Crippen molar-refractivity contribution in [2.45, 2.75) is 33.1 Å². The number of ether oxygens (including phenoxy) is 1. The second-order valence-corrected chi connectivity index (χ2v) is 2.17. The Bertz CT molecular complexity index is 89.2. The van der Waals surface area contributed by atoms with E-state index in [-0.39, 0.29) is 0 Å². The second-order valence-electron chi connectivity index (χ2n) is 2.17. The van der Waals surface area contributed by atoms with Crippen molar-refractivity contribution in [3.63, 3.8) is 0 Å². The molecule has 1 rings (SSSR count). The Labute approximate surface area is 75.9 Å². The largest absolute Gasteiger partial charge is 0.400 e. The summed E-state index contributed by atoms with van der Waals surface area (Å²) in [6.45, 7) is 5.64. The summed E-state index contributed by atoms with van der Waals surface area (Å²) in [5, 5.41) is 7.00. The third kappa shape index (κ3) is 16.2. The summed E-state index contributed by atoms with van der Waals surface area (Å²) in [4.78, 5) is 0. The van der Waals surface area contributed by atoms with Crippen LogP contribution in [0.1, 0.15) is 33.1 Å². The summed E-state index contributed by atoms with van der Waals surface area (Å²) in [5.41, 5.74) is 0. The lowest BCUT2D eigenvalue weighted by Gasteiger charge is -2.08. The Kier molecular flexibility index (Phi) is 19.7. The van der Waals surface area contributed by atoms with Gasteiger partial charge in [0, 0.05) is 20.3 Å². The van der Waals surface area contributed by atoms with Gasteiger partial charge < -0.3 is 9.84 Å². The van der Waals surface area contributed by atoms with Gasteiger partial charge in [0.05, 0.1) is 0 Å². The van der Waals surface area contributed by atoms with Crippen molar-refractivity contribution in [3.8, 4) is 11.8 Å². The van der Waals surface area contributed by atoms with E-state index < -0.39 is 0 Å². The van der Waals surface area contributed by atoms with Gasteiger partial charge in [0.2, 0.25) is 0 Å². The minimum atomic E-state index is 1.00. The predicted octanol–water partition coefficient (Wildman–Crippen LogP) is 1.82. The van der Waals surface area contributed by atoms with Crippen LogP contribution in [-0.4, -0.2) is 25.4 Å². The molecule has 1 aliphatic rings. The molecule has 0 bridgehead atoms. The van der Waals surface area contributed by atoms with E-state index in [1.54, 1.807) is 0 Å². The van der Waals surface area contributed by atoms with Crippen molar-refractivity contribution < 1.29 is 9.84 Å². The minimum absolute atomic E-state index is 1.00. The van der Waals surface area contributed by atoms with Crippen molar-refractivity contribution >= 4 is 0 Å². The molecular weight excluding hydrogens is 152 g/mol. The maximum absolute atomic E-state index is 7.00. The van der Waals surface area contributed by atoms with Crippen molar-refractivity contribution in [1.82, 2.24) is 0 Å². The topological polar surface area (TPSA) is 29.5 Å². The fourth-order valence-electron chi connectivity index (χ4n) is 0.687. The summed E-state index contributed by atoms with van der Waals surface area (Å²) < 4.78 is 5.07. The van der Waals surface area contributed by atoms with Gasteiger partial charge in [0.15, 0.2) is 0 Å². The van der Waals surface area contributed by atoms with Crippen LogP contribution in [0.25, 0.3) is 0 Å². The van der Waals surface area contributed by atoms with Crippen molar-refractivity contribution in [3.05, 3.63) is 0 Å². The number of aliphatic hydroxyl groups excluding tert-OH is 1. The average Bonchev–Trinajstić information content (AvgIpc) is 2.24. The standard InChI is InChI=1S/C5H10O.C4H6.CH4O/c1-2-4-6-5-3-1;1-3-4-2;1-2/h1-5H2;1-2H3;2H,1H3. The quantitative estimate of drug-likeness (QED) is 0.565. The van der Waals surface area contributed by atoms with Gasteiger partial charge in [0.25, 0.3) is 0 Å². The molecule has 12 heavy (non-hydrogen) atoms. The van der Waals surface area contributed by atoms with Gasteiger partial charge in [-0.1, -0.05) is 0 Å². The van der Waals surface area contributed by atoms with Crippen LogP contribution in [0.15, 0.2) is 0 Å². The molecule has 1 fully saturated rings. The zero-order valence-electron chi connectivity index (χ0n) is 8.39. The molecule has 0 aromatic rings. The highest BCUT2D eigenvalue weighted by molar-refractivity contribution is 4.89. The zero-order chi connectivity index (χ0) is 9.66. The molecule has 1 N–H and O–H groups in total. The first-order valence-corrected chi connectivity index (χ1v) is 4.27. The fourth-order valence-corrected chi connectivity index (χ4v) is 0.687. The Balaban J connectivity index is 0. The lowest BCUT2D eigenvalue weighted by molar-refractivity contribution is 0.0968. The molecule has 0 aromatic carbocycles. The Morgan fingerprint density at radius 3 is 1.42 bits per heavy atom. The normalized spacial score (nSPS) is 13.7. The van der Waals surface area contributed by atoms with Gasteiger partial charge in [0.1, 0.15) is 0 Å². The van der Waals surface area contributed by atoms with Gasteiger partial charge in [-0.15, -0.1) is 11.8 Å². The van der Waals surface area contributed by atoms with E-state index in [2.05, 4.69) is 11.8 Å². The van der Waals surface area contributed by atoms with Gasteiger partial charge in [-0.3, -0.25) is 0 Å². The molecule has 0 atom stereocenters. The summed E-state index contributed by atoms with van der Waals surface area (Å²) >= 11 is 0. The monoisotopic (exact) mass is 172 g/mol. The van der Waals surface area contributed by atoms with Crippen LogP contribution >= 0.6 is 0 Å². The van der Waals surface area contributed by atoms with Crippen LogP contribution in [0.3, 0.4) is 0 Å². The smallest absolute Gasteiger partial charge is 0.0466 e. The first kappa shape index (κ1) is 14.0. The molecule has 2 nitrogen and oxygen atoms in total. The van der Waals surface area contributed by atoms with Crippen molar-refractivity contribution in [2.75, 3.05) is 20.3 Å². The van der Waals surface area contributed by atoms with Crippen LogP contribution in [0.2, 0.25) is 0 Å². The second kappa shape index (κ2) is 16.8. The maximum atomic E-state index is 7.00. The van der Waals surface area contributed by atoms with E-state index in [0.717, 1.165) is 20.3 Å². The summed E-state index contributed by atoms with van der Waals surface area (Å²) in [6.07, 6.45) is 3.93. The Hall–Kier alpha value is -0.520. The van der Waals surface area contributed by atoms with Crippen LogP contribution in [0.5, 0.6) is 0 Å². The van der Waals surface area contributed by atoms with Crippen LogP contribution in [0, 0.1) is 11.8 Å².